The van der Waals surface area contributed by atoms with Gasteiger partial charge in [-0.3, -0.25) is 10.9 Å². The van der Waals surface area contributed by atoms with Gasteiger partial charge in [0.25, 0.3) is 0 Å². The molecule has 1 atom stereocenters. The van der Waals surface area contributed by atoms with E-state index in [1.807, 2.05) is 24.3 Å². The van der Waals surface area contributed by atoms with E-state index in [2.05, 4.69) is 31.3 Å². The number of amides is 2. The van der Waals surface area contributed by atoms with Crippen LogP contribution in [0.15, 0.2) is 36.4 Å². The Morgan fingerprint density at radius 2 is 1.96 bits per heavy atom. The van der Waals surface area contributed by atoms with Gasteiger partial charge in [0.1, 0.15) is 0 Å². The second-order valence-corrected chi connectivity index (χ2v) is 6.60. The molecule has 132 valence electrons. The lowest BCUT2D eigenvalue weighted by Gasteiger charge is -2.19. The number of carbonyl (C=O) groups is 1. The van der Waals surface area contributed by atoms with E-state index in [-0.39, 0.29) is 6.03 Å². The van der Waals surface area contributed by atoms with Crippen molar-refractivity contribution in [3.8, 4) is 0 Å². The van der Waals surface area contributed by atoms with Crippen LogP contribution in [-0.4, -0.2) is 35.9 Å². The van der Waals surface area contributed by atoms with E-state index in [0.29, 0.717) is 23.4 Å². The van der Waals surface area contributed by atoms with Gasteiger partial charge in [-0.1, -0.05) is 23.2 Å². The van der Waals surface area contributed by atoms with Crippen LogP contribution >= 0.6 is 23.2 Å². The smallest absolute Gasteiger partial charge is 0.333 e. The average Bonchev–Trinajstić information content (AvgIpc) is 3.09. The Balaban J connectivity index is 1.39. The SMILES string of the molecule is O=C(NCC1CCN(c2ccc(Cl)cc2)C1)NNc1ccc(Cl)nn1. The largest absolute Gasteiger partial charge is 0.371 e. The maximum absolute atomic E-state index is 11.8. The van der Waals surface area contributed by atoms with Crippen LogP contribution in [0.4, 0.5) is 16.3 Å². The summed E-state index contributed by atoms with van der Waals surface area (Å²) in [5.41, 5.74) is 6.34. The first-order chi connectivity index (χ1) is 12.1. The molecular weight excluding hydrogens is 363 g/mol. The molecule has 0 radical (unpaired) electrons. The number of benzene rings is 1. The molecule has 2 aromatic rings. The van der Waals surface area contributed by atoms with Crippen molar-refractivity contribution >= 4 is 40.7 Å². The summed E-state index contributed by atoms with van der Waals surface area (Å²) in [6.07, 6.45) is 1.03. The van der Waals surface area contributed by atoms with Crippen LogP contribution in [0.25, 0.3) is 0 Å². The lowest BCUT2D eigenvalue weighted by Crippen LogP contribution is -2.41. The Morgan fingerprint density at radius 3 is 2.68 bits per heavy atom. The number of hydrogen-bond donors (Lipinski definition) is 3. The molecule has 3 rings (SSSR count). The molecule has 0 spiro atoms. The number of urea groups is 1. The topological polar surface area (TPSA) is 82.2 Å². The number of carbonyl (C=O) groups excluding carboxylic acids is 1. The molecule has 9 heteroatoms. The third-order valence-electron chi connectivity index (χ3n) is 3.97. The first-order valence-electron chi connectivity index (χ1n) is 7.90. The molecule has 2 heterocycles. The van der Waals surface area contributed by atoms with Gasteiger partial charge in [-0.25, -0.2) is 4.79 Å². The minimum Gasteiger partial charge on any atom is -0.371 e. The fraction of sp³-hybridized carbons (Fsp3) is 0.312. The van der Waals surface area contributed by atoms with E-state index >= 15 is 0 Å². The summed E-state index contributed by atoms with van der Waals surface area (Å²) in [5, 5.41) is 11.3. The van der Waals surface area contributed by atoms with Crippen LogP contribution in [0.5, 0.6) is 0 Å². The van der Waals surface area contributed by atoms with E-state index in [4.69, 9.17) is 23.2 Å². The monoisotopic (exact) mass is 380 g/mol. The molecule has 25 heavy (non-hydrogen) atoms. The van der Waals surface area contributed by atoms with E-state index in [1.165, 1.54) is 0 Å². The van der Waals surface area contributed by atoms with Crippen molar-refractivity contribution in [2.45, 2.75) is 6.42 Å². The molecule has 1 saturated heterocycles. The number of rotatable bonds is 5. The Hall–Kier alpha value is -2.25. The van der Waals surface area contributed by atoms with Crippen molar-refractivity contribution in [2.75, 3.05) is 30.0 Å². The van der Waals surface area contributed by atoms with Crippen molar-refractivity contribution in [1.29, 1.82) is 0 Å². The van der Waals surface area contributed by atoms with Crippen molar-refractivity contribution < 1.29 is 4.79 Å². The predicted octanol–water partition coefficient (Wildman–Crippen LogP) is 2.94. The lowest BCUT2D eigenvalue weighted by atomic mass is 10.1. The maximum Gasteiger partial charge on any atom is 0.333 e. The number of nitrogens with zero attached hydrogens (tertiary/aromatic N) is 3. The van der Waals surface area contributed by atoms with Crippen LogP contribution in [0.1, 0.15) is 6.42 Å². The lowest BCUT2D eigenvalue weighted by molar-refractivity contribution is 0.241. The summed E-state index contributed by atoms with van der Waals surface area (Å²) in [4.78, 5) is 14.1. The van der Waals surface area contributed by atoms with Gasteiger partial charge in [0.2, 0.25) is 0 Å². The summed E-state index contributed by atoms with van der Waals surface area (Å²) in [7, 11) is 0. The minimum absolute atomic E-state index is 0.293. The van der Waals surface area contributed by atoms with Crippen molar-refractivity contribution in [1.82, 2.24) is 20.9 Å². The van der Waals surface area contributed by atoms with E-state index in [0.717, 1.165) is 30.2 Å². The van der Waals surface area contributed by atoms with Gasteiger partial charge in [0.05, 0.1) is 0 Å². The van der Waals surface area contributed by atoms with Crippen molar-refractivity contribution in [3.05, 3.63) is 46.6 Å². The fourth-order valence-corrected chi connectivity index (χ4v) is 2.90. The number of halogens is 2. The van der Waals surface area contributed by atoms with Gasteiger partial charge >= 0.3 is 6.03 Å². The van der Waals surface area contributed by atoms with Gasteiger partial charge in [-0.15, -0.1) is 10.2 Å². The molecule has 1 aliphatic rings. The number of hydrazine groups is 1. The van der Waals surface area contributed by atoms with Crippen molar-refractivity contribution in [2.24, 2.45) is 5.92 Å². The number of anilines is 2. The molecule has 1 aliphatic heterocycles. The van der Waals surface area contributed by atoms with Gasteiger partial charge in [-0.05, 0) is 48.7 Å². The minimum atomic E-state index is -0.318. The molecule has 0 saturated carbocycles. The highest BCUT2D eigenvalue weighted by molar-refractivity contribution is 6.30. The van der Waals surface area contributed by atoms with E-state index in [9.17, 15) is 4.79 Å². The Morgan fingerprint density at radius 1 is 1.16 bits per heavy atom. The Bertz CT molecular complexity index is 710. The molecule has 3 N–H and O–H groups in total. The highest BCUT2D eigenvalue weighted by atomic mass is 35.5. The van der Waals surface area contributed by atoms with Crippen LogP contribution in [-0.2, 0) is 0 Å². The van der Waals surface area contributed by atoms with Crippen molar-refractivity contribution in [3.63, 3.8) is 0 Å². The van der Waals surface area contributed by atoms with Gasteiger partial charge in [0, 0.05) is 30.3 Å². The first-order valence-corrected chi connectivity index (χ1v) is 8.65. The molecule has 1 aromatic heterocycles. The summed E-state index contributed by atoms with van der Waals surface area (Å²) >= 11 is 11.6. The Labute approximate surface area is 155 Å². The Kier molecular flexibility index (Phi) is 5.78. The zero-order valence-corrected chi connectivity index (χ0v) is 14.9. The molecule has 2 amide bonds. The van der Waals surface area contributed by atoms with Gasteiger partial charge in [-0.2, -0.15) is 0 Å². The third-order valence-corrected chi connectivity index (χ3v) is 4.42. The summed E-state index contributed by atoms with van der Waals surface area (Å²) < 4.78 is 0. The molecule has 7 nitrogen and oxygen atoms in total. The molecule has 1 unspecified atom stereocenters. The summed E-state index contributed by atoms with van der Waals surface area (Å²) in [6.45, 7) is 2.47. The van der Waals surface area contributed by atoms with Gasteiger partial charge in [0.15, 0.2) is 11.0 Å². The van der Waals surface area contributed by atoms with Gasteiger partial charge < -0.3 is 10.2 Å². The summed E-state index contributed by atoms with van der Waals surface area (Å²) in [5.74, 6) is 0.811. The van der Waals surface area contributed by atoms with E-state index < -0.39 is 0 Å². The fourth-order valence-electron chi connectivity index (χ4n) is 2.67. The molecule has 0 aliphatic carbocycles. The third kappa shape index (κ3) is 5.11. The van der Waals surface area contributed by atoms with Crippen LogP contribution < -0.4 is 21.1 Å². The normalized spacial score (nSPS) is 16.6. The number of nitrogens with one attached hydrogen (secondary N) is 3. The second-order valence-electron chi connectivity index (χ2n) is 5.78. The molecule has 1 fully saturated rings. The molecule has 0 bridgehead atoms. The van der Waals surface area contributed by atoms with Crippen LogP contribution in [0, 0.1) is 5.92 Å². The highest BCUT2D eigenvalue weighted by Crippen LogP contribution is 2.24. The van der Waals surface area contributed by atoms with Crippen LogP contribution in [0.3, 0.4) is 0 Å². The zero-order valence-electron chi connectivity index (χ0n) is 13.4. The standard InChI is InChI=1S/C16H18Cl2N6O/c17-12-1-3-13(4-2-12)24-8-7-11(10-24)9-19-16(25)23-22-15-6-5-14(18)20-21-15/h1-6,11H,7-10H2,(H,21,22)(H2,19,23,25). The number of aromatic nitrogens is 2. The van der Waals surface area contributed by atoms with Crippen LogP contribution in [0.2, 0.25) is 10.2 Å². The molecular formula is C16H18Cl2N6O. The summed E-state index contributed by atoms with van der Waals surface area (Å²) in [6, 6.07) is 10.7. The number of hydrogen-bond acceptors (Lipinski definition) is 5. The van der Waals surface area contributed by atoms with E-state index in [1.54, 1.807) is 12.1 Å². The molecule has 1 aromatic carbocycles. The first kappa shape index (κ1) is 17.6. The zero-order chi connectivity index (χ0) is 17.6. The quantitative estimate of drug-likeness (QED) is 0.694. The maximum atomic E-state index is 11.8. The predicted molar refractivity (Wildman–Crippen MR) is 99.0 cm³/mol. The highest BCUT2D eigenvalue weighted by Gasteiger charge is 2.23. The second kappa shape index (κ2) is 8.22. The average molecular weight is 381 g/mol.